The maximum absolute atomic E-state index is 12.2. The molecular weight excluding hydrogens is 320 g/mol. The molecule has 1 unspecified atom stereocenters. The summed E-state index contributed by atoms with van der Waals surface area (Å²) < 4.78 is 27.2. The number of hydrogen-bond donors (Lipinski definition) is 2. The highest BCUT2D eigenvalue weighted by molar-refractivity contribution is 7.91. The number of rotatable bonds is 7. The van der Waals surface area contributed by atoms with Crippen molar-refractivity contribution in [1.29, 1.82) is 0 Å². The number of hydrogen-bond acceptors (Lipinski definition) is 5. The van der Waals surface area contributed by atoms with Crippen LogP contribution in [0.3, 0.4) is 0 Å². The van der Waals surface area contributed by atoms with Gasteiger partial charge in [0.25, 0.3) is 0 Å². The lowest BCUT2D eigenvalue weighted by molar-refractivity contribution is 0.0942. The van der Waals surface area contributed by atoms with Gasteiger partial charge in [-0.15, -0.1) is 11.3 Å². The Morgan fingerprint density at radius 1 is 1.41 bits per heavy atom. The van der Waals surface area contributed by atoms with Gasteiger partial charge in [0, 0.05) is 18.0 Å². The zero-order chi connectivity index (χ0) is 16.2. The first-order valence-electron chi connectivity index (χ1n) is 7.89. The molecule has 1 aromatic rings. The van der Waals surface area contributed by atoms with Crippen LogP contribution in [0.25, 0.3) is 0 Å². The molecular formula is C15H26N2O3S2. The Balaban J connectivity index is 1.81. The molecule has 1 aliphatic heterocycles. The molecule has 0 radical (unpaired) electrons. The summed E-state index contributed by atoms with van der Waals surface area (Å²) in [4.78, 5) is 3.25. The van der Waals surface area contributed by atoms with Gasteiger partial charge in [-0.05, 0) is 50.4 Å². The third kappa shape index (κ3) is 5.03. The minimum Gasteiger partial charge on any atom is -0.390 e. The number of aliphatic hydroxyl groups is 1. The van der Waals surface area contributed by atoms with Crippen LogP contribution in [0.5, 0.6) is 0 Å². The molecule has 2 N–H and O–H groups in total. The van der Waals surface area contributed by atoms with E-state index in [-0.39, 0.29) is 6.54 Å². The third-order valence-corrected chi connectivity index (χ3v) is 7.25. The second-order valence-corrected chi connectivity index (χ2v) is 9.23. The van der Waals surface area contributed by atoms with Crippen LogP contribution < -0.4 is 4.72 Å². The van der Waals surface area contributed by atoms with Crippen LogP contribution in [0, 0.1) is 5.92 Å². The first kappa shape index (κ1) is 17.9. The first-order valence-corrected chi connectivity index (χ1v) is 10.2. The normalized spacial score (nSPS) is 19.4. The molecule has 7 heteroatoms. The van der Waals surface area contributed by atoms with Gasteiger partial charge in [0.2, 0.25) is 10.0 Å². The molecule has 2 heterocycles. The number of β-amino-alcohol motifs (C(OH)–C–C–N with tert-alkyl or cyclic N) is 1. The highest BCUT2D eigenvalue weighted by Crippen LogP contribution is 2.21. The van der Waals surface area contributed by atoms with Crippen molar-refractivity contribution in [2.24, 2.45) is 5.92 Å². The Morgan fingerprint density at radius 2 is 2.09 bits per heavy atom. The summed E-state index contributed by atoms with van der Waals surface area (Å²) in [5.41, 5.74) is 0. The molecule has 0 aliphatic carbocycles. The van der Waals surface area contributed by atoms with Gasteiger partial charge < -0.3 is 10.0 Å². The lowest BCUT2D eigenvalue weighted by Crippen LogP contribution is -2.42. The molecule has 1 saturated heterocycles. The maximum Gasteiger partial charge on any atom is 0.250 e. The standard InChI is InChI=1S/C15H26N2O3S2/c1-3-14-4-5-15(21-14)22(19,20)16-10-13(18)11-17-8-6-12(2)7-9-17/h4-5,12-13,16,18H,3,6-11H2,1-2H3. The van der Waals surface area contributed by atoms with Gasteiger partial charge in [0.05, 0.1) is 6.10 Å². The molecule has 0 spiro atoms. The van der Waals surface area contributed by atoms with Gasteiger partial charge in [-0.2, -0.15) is 0 Å². The predicted molar refractivity (Wildman–Crippen MR) is 89.7 cm³/mol. The molecule has 1 aliphatic rings. The molecule has 5 nitrogen and oxygen atoms in total. The van der Waals surface area contributed by atoms with Crippen molar-refractivity contribution < 1.29 is 13.5 Å². The summed E-state index contributed by atoms with van der Waals surface area (Å²) in [6.07, 6.45) is 2.45. The Bertz CT molecular complexity index is 563. The average Bonchev–Trinajstić information content (AvgIpc) is 2.98. The molecule has 0 amide bonds. The van der Waals surface area contributed by atoms with E-state index < -0.39 is 16.1 Å². The lowest BCUT2D eigenvalue weighted by Gasteiger charge is -2.31. The average molecular weight is 347 g/mol. The zero-order valence-electron chi connectivity index (χ0n) is 13.3. The maximum atomic E-state index is 12.2. The van der Waals surface area contributed by atoms with E-state index in [9.17, 15) is 13.5 Å². The van der Waals surface area contributed by atoms with Gasteiger partial charge in [-0.1, -0.05) is 13.8 Å². The van der Waals surface area contributed by atoms with E-state index in [0.29, 0.717) is 10.8 Å². The second-order valence-electron chi connectivity index (χ2n) is 6.06. The van der Waals surface area contributed by atoms with Crippen molar-refractivity contribution in [3.05, 3.63) is 17.0 Å². The van der Waals surface area contributed by atoms with Crippen molar-refractivity contribution in [3.63, 3.8) is 0 Å². The summed E-state index contributed by atoms with van der Waals surface area (Å²) in [5.74, 6) is 0.749. The molecule has 0 saturated carbocycles. The van der Waals surface area contributed by atoms with E-state index in [1.807, 2.05) is 13.0 Å². The number of aliphatic hydroxyl groups excluding tert-OH is 1. The summed E-state index contributed by atoms with van der Waals surface area (Å²) >= 11 is 1.28. The number of nitrogens with zero attached hydrogens (tertiary/aromatic N) is 1. The number of sulfonamides is 1. The Morgan fingerprint density at radius 3 is 2.68 bits per heavy atom. The smallest absolute Gasteiger partial charge is 0.250 e. The number of piperidine rings is 1. The zero-order valence-corrected chi connectivity index (χ0v) is 14.9. The highest BCUT2D eigenvalue weighted by Gasteiger charge is 2.21. The van der Waals surface area contributed by atoms with Crippen LogP contribution in [0.1, 0.15) is 31.6 Å². The fourth-order valence-electron chi connectivity index (χ4n) is 2.58. The van der Waals surface area contributed by atoms with Crippen LogP contribution in [0.4, 0.5) is 0 Å². The quantitative estimate of drug-likeness (QED) is 0.788. The largest absolute Gasteiger partial charge is 0.390 e. The number of aryl methyl sites for hydroxylation is 1. The minimum atomic E-state index is -3.50. The minimum absolute atomic E-state index is 0.0632. The van der Waals surface area contributed by atoms with E-state index >= 15 is 0 Å². The Kier molecular flexibility index (Phi) is 6.40. The molecule has 1 atom stereocenters. The molecule has 0 aromatic carbocycles. The SMILES string of the molecule is CCc1ccc(S(=O)(=O)NCC(O)CN2CCC(C)CC2)s1. The number of thiophene rings is 1. The molecule has 1 aromatic heterocycles. The molecule has 126 valence electrons. The van der Waals surface area contributed by atoms with Crippen molar-refractivity contribution in [1.82, 2.24) is 9.62 Å². The van der Waals surface area contributed by atoms with Crippen molar-refractivity contribution in [2.45, 2.75) is 43.4 Å². The monoisotopic (exact) mass is 346 g/mol. The van der Waals surface area contributed by atoms with Crippen molar-refractivity contribution in [2.75, 3.05) is 26.2 Å². The van der Waals surface area contributed by atoms with Crippen LogP contribution in [-0.4, -0.2) is 50.7 Å². The van der Waals surface area contributed by atoms with Crippen LogP contribution in [0.15, 0.2) is 16.3 Å². The van der Waals surface area contributed by atoms with Crippen LogP contribution >= 0.6 is 11.3 Å². The van der Waals surface area contributed by atoms with Gasteiger partial charge in [-0.3, -0.25) is 0 Å². The first-order chi connectivity index (χ1) is 10.4. The predicted octanol–water partition coefficient (Wildman–Crippen LogP) is 1.68. The van der Waals surface area contributed by atoms with E-state index in [2.05, 4.69) is 16.5 Å². The lowest BCUT2D eigenvalue weighted by atomic mass is 9.99. The highest BCUT2D eigenvalue weighted by atomic mass is 32.2. The molecule has 2 rings (SSSR count). The summed E-state index contributed by atoms with van der Waals surface area (Å²) in [6.45, 7) is 6.80. The van der Waals surface area contributed by atoms with Gasteiger partial charge >= 0.3 is 0 Å². The summed E-state index contributed by atoms with van der Waals surface area (Å²) in [5, 5.41) is 10.1. The fraction of sp³-hybridized carbons (Fsp3) is 0.733. The topological polar surface area (TPSA) is 69.6 Å². The van der Waals surface area contributed by atoms with E-state index in [1.54, 1.807) is 6.07 Å². The Hall–Kier alpha value is -0.470. The number of likely N-dealkylation sites (tertiary alicyclic amines) is 1. The molecule has 22 heavy (non-hydrogen) atoms. The van der Waals surface area contributed by atoms with Gasteiger partial charge in [-0.25, -0.2) is 13.1 Å². The fourth-order valence-corrected chi connectivity index (χ4v) is 4.99. The summed E-state index contributed by atoms with van der Waals surface area (Å²) in [7, 11) is -3.50. The van der Waals surface area contributed by atoms with E-state index in [4.69, 9.17) is 0 Å². The summed E-state index contributed by atoms with van der Waals surface area (Å²) in [6, 6.07) is 3.47. The van der Waals surface area contributed by atoms with Crippen LogP contribution in [-0.2, 0) is 16.4 Å². The Labute approximate surface area is 137 Å². The number of nitrogens with one attached hydrogen (secondary N) is 1. The molecule has 0 bridgehead atoms. The van der Waals surface area contributed by atoms with E-state index in [1.165, 1.54) is 11.3 Å². The van der Waals surface area contributed by atoms with Gasteiger partial charge in [0.1, 0.15) is 4.21 Å². The van der Waals surface area contributed by atoms with E-state index in [0.717, 1.165) is 43.1 Å². The van der Waals surface area contributed by atoms with Crippen molar-refractivity contribution in [3.8, 4) is 0 Å². The van der Waals surface area contributed by atoms with Crippen molar-refractivity contribution >= 4 is 21.4 Å². The van der Waals surface area contributed by atoms with Crippen LogP contribution in [0.2, 0.25) is 0 Å². The molecule has 1 fully saturated rings. The third-order valence-electron chi connectivity index (χ3n) is 4.10. The van der Waals surface area contributed by atoms with Gasteiger partial charge in [0.15, 0.2) is 0 Å². The second kappa shape index (κ2) is 7.88.